The molecule has 2 heterocycles. The maximum Gasteiger partial charge on any atom is 0.214 e. The Hall–Kier alpha value is -4.59. The average molecular weight is 553 g/mol. The van der Waals surface area contributed by atoms with E-state index in [1.54, 1.807) is 42.5 Å². The summed E-state index contributed by atoms with van der Waals surface area (Å²) in [5.41, 5.74) is 8.97. The van der Waals surface area contributed by atoms with E-state index in [0.717, 1.165) is 17.7 Å². The number of aromatic amines is 1. The van der Waals surface area contributed by atoms with Crippen LogP contribution in [0.25, 0.3) is 16.6 Å². The molecular formula is C26H22F2N6O4S. The molecule has 200 valence electrons. The van der Waals surface area contributed by atoms with Crippen LogP contribution in [0.4, 0.5) is 20.4 Å². The Balaban J connectivity index is 1.40. The maximum atomic E-state index is 14.0. The average Bonchev–Trinajstić information content (AvgIpc) is 3.52. The normalized spacial score (nSPS) is 11.1. The first-order chi connectivity index (χ1) is 18.9. The number of aromatic nitrogens is 3. The Morgan fingerprint density at radius 1 is 1.13 bits per heavy atom. The second kappa shape index (κ2) is 11.0. The van der Waals surface area contributed by atoms with E-state index < -0.39 is 11.6 Å². The van der Waals surface area contributed by atoms with Crippen molar-refractivity contribution in [1.82, 2.24) is 19.6 Å². The van der Waals surface area contributed by atoms with E-state index in [1.807, 2.05) is 6.92 Å². The molecule has 0 saturated heterocycles. The third-order valence-electron chi connectivity index (χ3n) is 5.85. The monoisotopic (exact) mass is 552 g/mol. The molecule has 0 aliphatic carbocycles. The Kier molecular flexibility index (Phi) is 7.36. The quantitative estimate of drug-likeness (QED) is 0.0736. The molecule has 0 amide bonds. The highest BCUT2D eigenvalue weighted by Crippen LogP contribution is 2.34. The van der Waals surface area contributed by atoms with Crippen LogP contribution in [-0.2, 0) is 4.84 Å². The highest BCUT2D eigenvalue weighted by atomic mass is 32.2. The van der Waals surface area contributed by atoms with Crippen molar-refractivity contribution in [3.63, 3.8) is 0 Å². The van der Waals surface area contributed by atoms with E-state index in [9.17, 15) is 13.7 Å². The molecule has 0 aliphatic rings. The number of ether oxygens (including phenoxy) is 1. The number of aryl methyl sites for hydroxylation is 1. The second-order valence-electron chi connectivity index (χ2n) is 8.35. The lowest BCUT2D eigenvalue weighted by Crippen LogP contribution is -2.08. The summed E-state index contributed by atoms with van der Waals surface area (Å²) in [5, 5.41) is 4.86. The highest BCUT2D eigenvalue weighted by Gasteiger charge is 2.21. The van der Waals surface area contributed by atoms with Gasteiger partial charge in [0.1, 0.15) is 11.6 Å². The molecule has 39 heavy (non-hydrogen) atoms. The van der Waals surface area contributed by atoms with Gasteiger partial charge in [-0.25, -0.2) is 9.07 Å². The number of carbonyl (C=O) groups excluding carboxylic acids is 1. The minimum absolute atomic E-state index is 0.0730. The molecule has 5 N–H and O–H groups in total. The number of nitrogens with one attached hydrogen (secondary N) is 3. The fraction of sp³-hybridized carbons (Fsp3) is 0.0769. The zero-order valence-corrected chi connectivity index (χ0v) is 21.4. The van der Waals surface area contributed by atoms with Crippen molar-refractivity contribution in [2.75, 3.05) is 17.6 Å². The van der Waals surface area contributed by atoms with Crippen molar-refractivity contribution in [2.45, 2.75) is 6.92 Å². The summed E-state index contributed by atoms with van der Waals surface area (Å²) in [7, 11) is 1.43. The van der Waals surface area contributed by atoms with Gasteiger partial charge in [-0.15, -0.1) is 4.89 Å². The first-order valence-corrected chi connectivity index (χ1v) is 12.3. The molecule has 10 nitrogen and oxygen atoms in total. The molecule has 0 aliphatic heterocycles. The van der Waals surface area contributed by atoms with Crippen LogP contribution in [0.15, 0.2) is 66.9 Å². The van der Waals surface area contributed by atoms with Gasteiger partial charge in [0.2, 0.25) is 5.78 Å². The molecule has 0 fully saturated rings. The number of anilines is 2. The molecule has 3 aromatic carbocycles. The number of carbonyl (C=O) groups is 1. The zero-order valence-electron chi connectivity index (χ0n) is 20.6. The van der Waals surface area contributed by atoms with E-state index >= 15 is 0 Å². The Bertz CT molecular complexity index is 1670. The SMILES string of the molecule is CONSNc1cc2[nH]c(C(=O)c3cnn(-c4ccc(Oc5ccccc5F)cc4C)c3N)cc2cc1OF. The van der Waals surface area contributed by atoms with Crippen LogP contribution >= 0.6 is 12.1 Å². The van der Waals surface area contributed by atoms with Crippen molar-refractivity contribution < 1.29 is 28.2 Å². The van der Waals surface area contributed by atoms with Crippen molar-refractivity contribution in [1.29, 1.82) is 0 Å². The van der Waals surface area contributed by atoms with Crippen LogP contribution in [0.1, 0.15) is 21.6 Å². The van der Waals surface area contributed by atoms with E-state index in [-0.39, 0.29) is 28.6 Å². The lowest BCUT2D eigenvalue weighted by atomic mass is 10.1. The van der Waals surface area contributed by atoms with Gasteiger partial charge in [-0.1, -0.05) is 12.1 Å². The minimum atomic E-state index is -0.474. The van der Waals surface area contributed by atoms with Gasteiger partial charge in [0, 0.05) is 15.4 Å². The molecule has 0 saturated carbocycles. The first kappa shape index (κ1) is 26.0. The van der Waals surface area contributed by atoms with Gasteiger partial charge in [0.25, 0.3) is 0 Å². The van der Waals surface area contributed by atoms with Crippen molar-refractivity contribution in [3.05, 3.63) is 89.5 Å². The smallest absolute Gasteiger partial charge is 0.214 e. The molecule has 2 aromatic heterocycles. The highest BCUT2D eigenvalue weighted by molar-refractivity contribution is 7.98. The molecule has 5 rings (SSSR count). The lowest BCUT2D eigenvalue weighted by Gasteiger charge is -2.12. The zero-order chi connectivity index (χ0) is 27.5. The summed E-state index contributed by atoms with van der Waals surface area (Å²) in [6, 6.07) is 15.8. The second-order valence-corrected chi connectivity index (χ2v) is 8.93. The number of H-pyrrole nitrogens is 1. The summed E-state index contributed by atoms with van der Waals surface area (Å²) in [5.74, 6) is -0.285. The molecule has 13 heteroatoms. The molecule has 0 atom stereocenters. The molecular weight excluding hydrogens is 530 g/mol. The van der Waals surface area contributed by atoms with E-state index in [2.05, 4.69) is 24.6 Å². The topological polar surface area (TPSA) is 128 Å². The summed E-state index contributed by atoms with van der Waals surface area (Å²) < 4.78 is 37.0. The summed E-state index contributed by atoms with van der Waals surface area (Å²) in [6.45, 7) is 1.82. The van der Waals surface area contributed by atoms with E-state index in [4.69, 9.17) is 15.3 Å². The standard InChI is InChI=1S/C26H22F2N6O4S/c1-14-9-16(37-23-6-4-3-5-18(23)27)7-8-22(14)34-26(29)17(13-30-34)25(35)21-10-15-11-24(38-28)20(12-19(15)31-21)32-39-33-36-2/h3-13,31-33H,29H2,1-2H3. The minimum Gasteiger partial charge on any atom is -0.454 e. The molecule has 0 unspecified atom stereocenters. The van der Waals surface area contributed by atoms with Crippen LogP contribution < -0.4 is 25.0 Å². The summed E-state index contributed by atoms with van der Waals surface area (Å²) in [6.07, 6.45) is 1.38. The molecule has 0 spiro atoms. The number of nitrogens with zero attached hydrogens (tertiary/aromatic N) is 2. The van der Waals surface area contributed by atoms with Gasteiger partial charge in [-0.2, -0.15) is 5.10 Å². The van der Waals surface area contributed by atoms with Gasteiger partial charge >= 0.3 is 0 Å². The van der Waals surface area contributed by atoms with Gasteiger partial charge in [-0.05, 0) is 61.0 Å². The van der Waals surface area contributed by atoms with Crippen molar-refractivity contribution in [3.8, 4) is 22.9 Å². The number of nitrogen functional groups attached to an aromatic ring is 1. The third-order valence-corrected chi connectivity index (χ3v) is 6.42. The first-order valence-electron chi connectivity index (χ1n) is 11.5. The molecule has 5 aromatic rings. The van der Waals surface area contributed by atoms with Crippen LogP contribution in [-0.4, -0.2) is 27.7 Å². The lowest BCUT2D eigenvalue weighted by molar-refractivity contribution is -0.00505. The maximum absolute atomic E-state index is 14.0. The third kappa shape index (κ3) is 5.23. The number of fused-ring (bicyclic) bond motifs is 1. The van der Waals surface area contributed by atoms with Crippen LogP contribution in [0.3, 0.4) is 0 Å². The number of benzene rings is 3. The fourth-order valence-electron chi connectivity index (χ4n) is 4.00. The number of hydrogen-bond acceptors (Lipinski definition) is 9. The molecule has 0 radical (unpaired) electrons. The number of para-hydroxylation sites is 1. The number of hydrogen-bond donors (Lipinski definition) is 4. The van der Waals surface area contributed by atoms with Crippen LogP contribution in [0.5, 0.6) is 17.2 Å². The summed E-state index contributed by atoms with van der Waals surface area (Å²) in [4.78, 5) is 27.5. The van der Waals surface area contributed by atoms with Crippen molar-refractivity contribution >= 4 is 40.3 Å². The Morgan fingerprint density at radius 2 is 1.95 bits per heavy atom. The van der Waals surface area contributed by atoms with Gasteiger partial charge in [-0.3, -0.25) is 14.6 Å². The predicted molar refractivity (Wildman–Crippen MR) is 144 cm³/mol. The van der Waals surface area contributed by atoms with E-state index in [1.165, 1.54) is 36.2 Å². The number of ketones is 1. The number of nitrogens with two attached hydrogens (primary N) is 1. The van der Waals surface area contributed by atoms with Crippen LogP contribution in [0.2, 0.25) is 0 Å². The van der Waals surface area contributed by atoms with Gasteiger partial charge in [0.05, 0.1) is 48.1 Å². The predicted octanol–water partition coefficient (Wildman–Crippen LogP) is 5.80. The Morgan fingerprint density at radius 3 is 2.69 bits per heavy atom. The number of rotatable bonds is 10. The number of halogens is 2. The Labute approximate surface area is 225 Å². The largest absolute Gasteiger partial charge is 0.454 e. The van der Waals surface area contributed by atoms with E-state index in [0.29, 0.717) is 28.0 Å². The van der Waals surface area contributed by atoms with Gasteiger partial charge in [0.15, 0.2) is 17.3 Å². The van der Waals surface area contributed by atoms with Gasteiger partial charge < -0.3 is 20.2 Å². The fourth-order valence-corrected chi connectivity index (χ4v) is 4.39. The van der Waals surface area contributed by atoms with Crippen LogP contribution in [0, 0.1) is 12.7 Å². The molecule has 0 bridgehead atoms. The van der Waals surface area contributed by atoms with Crippen molar-refractivity contribution in [2.24, 2.45) is 0 Å². The summed E-state index contributed by atoms with van der Waals surface area (Å²) >= 11 is 0.958.